The van der Waals surface area contributed by atoms with Gasteiger partial charge in [-0.2, -0.15) is 0 Å². The summed E-state index contributed by atoms with van der Waals surface area (Å²) in [6.45, 7) is 4.54. The monoisotopic (exact) mass is 349 g/mol. The van der Waals surface area contributed by atoms with E-state index in [1.165, 1.54) is 12.8 Å². The van der Waals surface area contributed by atoms with Gasteiger partial charge in [-0.1, -0.05) is 12.1 Å². The predicted octanol–water partition coefficient (Wildman–Crippen LogP) is 3.17. The van der Waals surface area contributed by atoms with Gasteiger partial charge in [-0.3, -0.25) is 5.41 Å². The number of H-pyrrole nitrogens is 1. The first-order chi connectivity index (χ1) is 12.6. The number of anilines is 1. The Bertz CT molecular complexity index is 907. The Kier molecular flexibility index (Phi) is 4.28. The standard InChI is InChI=1S/C19H23N7/c1-11(2)23-19-17(21-9-15(26-19)12-7-8-12)18(20)22-10-16-24-13-5-3-4-6-14(13)25-16/h3-6,9,11-12H,7-8,10H2,1-2H3,(H2,20,22)(H,23,26)(H,24,25). The highest BCUT2D eigenvalue weighted by Crippen LogP contribution is 2.39. The molecular weight excluding hydrogens is 326 g/mol. The van der Waals surface area contributed by atoms with Crippen LogP contribution in [0.4, 0.5) is 5.82 Å². The Labute approximate surface area is 152 Å². The highest BCUT2D eigenvalue weighted by molar-refractivity contribution is 5.98. The zero-order valence-corrected chi connectivity index (χ0v) is 15.0. The smallest absolute Gasteiger partial charge is 0.156 e. The molecule has 7 nitrogen and oxygen atoms in total. The molecule has 0 aliphatic heterocycles. The van der Waals surface area contributed by atoms with Crippen LogP contribution in [0.2, 0.25) is 0 Å². The molecule has 1 saturated carbocycles. The summed E-state index contributed by atoms with van der Waals surface area (Å²) in [5, 5.41) is 14.8. The van der Waals surface area contributed by atoms with Crippen molar-refractivity contribution in [1.29, 1.82) is 5.41 Å². The minimum Gasteiger partial charge on any atom is -0.366 e. The van der Waals surface area contributed by atoms with Gasteiger partial charge in [0.1, 0.15) is 17.4 Å². The third kappa shape index (κ3) is 3.51. The van der Waals surface area contributed by atoms with Crippen LogP contribution < -0.4 is 10.6 Å². The van der Waals surface area contributed by atoms with Gasteiger partial charge >= 0.3 is 0 Å². The highest BCUT2D eigenvalue weighted by Gasteiger charge is 2.27. The van der Waals surface area contributed by atoms with E-state index in [0.717, 1.165) is 22.6 Å². The lowest BCUT2D eigenvalue weighted by Crippen LogP contribution is -2.27. The van der Waals surface area contributed by atoms with Crippen LogP contribution in [-0.4, -0.2) is 31.8 Å². The Hall–Kier alpha value is -2.96. The maximum atomic E-state index is 8.40. The number of aromatic amines is 1. The molecule has 1 aliphatic carbocycles. The number of amidine groups is 1. The number of nitrogens with zero attached hydrogens (tertiary/aromatic N) is 3. The van der Waals surface area contributed by atoms with Gasteiger partial charge in [0.25, 0.3) is 0 Å². The molecule has 1 aromatic carbocycles. The molecule has 7 heteroatoms. The number of nitrogens with one attached hydrogen (secondary N) is 4. The first-order valence-electron chi connectivity index (χ1n) is 9.00. The molecule has 134 valence electrons. The molecule has 3 aromatic rings. The summed E-state index contributed by atoms with van der Waals surface area (Å²) in [4.78, 5) is 17.0. The fourth-order valence-electron chi connectivity index (χ4n) is 2.88. The Morgan fingerprint density at radius 3 is 2.81 bits per heavy atom. The summed E-state index contributed by atoms with van der Waals surface area (Å²) in [6, 6.07) is 8.11. The van der Waals surface area contributed by atoms with E-state index in [9.17, 15) is 0 Å². The number of imidazole rings is 1. The van der Waals surface area contributed by atoms with E-state index in [1.54, 1.807) is 6.20 Å². The molecule has 2 aromatic heterocycles. The summed E-state index contributed by atoms with van der Waals surface area (Å²) < 4.78 is 0. The lowest BCUT2D eigenvalue weighted by molar-refractivity contribution is 0.835. The van der Waals surface area contributed by atoms with Crippen LogP contribution >= 0.6 is 0 Å². The number of aromatic nitrogens is 4. The first-order valence-corrected chi connectivity index (χ1v) is 9.00. The number of para-hydroxylation sites is 2. The third-order valence-corrected chi connectivity index (χ3v) is 4.32. The van der Waals surface area contributed by atoms with Crippen molar-refractivity contribution in [3.8, 4) is 0 Å². The lowest BCUT2D eigenvalue weighted by atomic mass is 10.2. The van der Waals surface area contributed by atoms with E-state index < -0.39 is 0 Å². The van der Waals surface area contributed by atoms with Crippen LogP contribution in [0.25, 0.3) is 11.0 Å². The molecule has 4 rings (SSSR count). The summed E-state index contributed by atoms with van der Waals surface area (Å²) in [6.07, 6.45) is 4.16. The second-order valence-electron chi connectivity index (χ2n) is 6.99. The van der Waals surface area contributed by atoms with Crippen LogP contribution in [0.3, 0.4) is 0 Å². The molecule has 1 aliphatic rings. The van der Waals surface area contributed by atoms with Crippen molar-refractivity contribution in [2.24, 2.45) is 0 Å². The van der Waals surface area contributed by atoms with Gasteiger partial charge in [-0.05, 0) is 38.8 Å². The number of rotatable bonds is 6. The fourth-order valence-corrected chi connectivity index (χ4v) is 2.88. The number of hydrogen-bond donors (Lipinski definition) is 4. The van der Waals surface area contributed by atoms with E-state index in [-0.39, 0.29) is 11.9 Å². The van der Waals surface area contributed by atoms with Gasteiger partial charge in [0.05, 0.1) is 23.3 Å². The normalized spacial score (nSPS) is 14.0. The van der Waals surface area contributed by atoms with Gasteiger partial charge in [0.2, 0.25) is 0 Å². The number of fused-ring (bicyclic) bond motifs is 1. The van der Waals surface area contributed by atoms with Crippen molar-refractivity contribution in [3.63, 3.8) is 0 Å². The Balaban J connectivity index is 1.51. The maximum Gasteiger partial charge on any atom is 0.156 e. The summed E-state index contributed by atoms with van der Waals surface area (Å²) in [5.74, 6) is 2.23. The van der Waals surface area contributed by atoms with Gasteiger partial charge in [-0.25, -0.2) is 15.0 Å². The van der Waals surface area contributed by atoms with Gasteiger partial charge in [0.15, 0.2) is 5.82 Å². The molecule has 1 fully saturated rings. The molecule has 2 heterocycles. The highest BCUT2D eigenvalue weighted by atomic mass is 15.1. The van der Waals surface area contributed by atoms with E-state index in [2.05, 4.69) is 39.4 Å². The van der Waals surface area contributed by atoms with Crippen molar-refractivity contribution in [2.45, 2.75) is 45.2 Å². The molecular formula is C19H23N7. The van der Waals surface area contributed by atoms with Crippen LogP contribution in [-0.2, 0) is 6.54 Å². The summed E-state index contributed by atoms with van der Waals surface area (Å²) >= 11 is 0. The average Bonchev–Trinajstić information content (AvgIpc) is 3.38. The van der Waals surface area contributed by atoms with Gasteiger partial charge in [-0.15, -0.1) is 0 Å². The zero-order chi connectivity index (χ0) is 18.1. The number of hydrogen-bond acceptors (Lipinski definition) is 5. The summed E-state index contributed by atoms with van der Waals surface area (Å²) in [5.41, 5.74) is 3.47. The zero-order valence-electron chi connectivity index (χ0n) is 15.0. The third-order valence-electron chi connectivity index (χ3n) is 4.32. The quantitative estimate of drug-likeness (QED) is 0.404. The predicted molar refractivity (Wildman–Crippen MR) is 103 cm³/mol. The van der Waals surface area contributed by atoms with Crippen LogP contribution in [0.15, 0.2) is 30.5 Å². The molecule has 0 atom stereocenters. The first kappa shape index (κ1) is 16.5. The Morgan fingerprint density at radius 1 is 1.27 bits per heavy atom. The van der Waals surface area contributed by atoms with Crippen LogP contribution in [0.1, 0.15) is 49.8 Å². The minimum absolute atomic E-state index is 0.223. The molecule has 4 N–H and O–H groups in total. The average molecular weight is 349 g/mol. The van der Waals surface area contributed by atoms with Crippen molar-refractivity contribution >= 4 is 22.7 Å². The second-order valence-corrected chi connectivity index (χ2v) is 6.99. The maximum absolute atomic E-state index is 8.40. The SMILES string of the molecule is CC(C)Nc1nc(C2CC2)cnc1C(=N)NCc1nc2ccccc2[nH]1. The molecule has 0 spiro atoms. The van der Waals surface area contributed by atoms with Crippen LogP contribution in [0.5, 0.6) is 0 Å². The molecule has 0 amide bonds. The molecule has 0 bridgehead atoms. The van der Waals surface area contributed by atoms with Crippen molar-refractivity contribution in [1.82, 2.24) is 25.3 Å². The molecule has 0 saturated heterocycles. The van der Waals surface area contributed by atoms with E-state index in [4.69, 9.17) is 10.4 Å². The second kappa shape index (κ2) is 6.74. The molecule has 26 heavy (non-hydrogen) atoms. The fraction of sp³-hybridized carbons (Fsp3) is 0.368. The van der Waals surface area contributed by atoms with Crippen LogP contribution in [0, 0.1) is 5.41 Å². The van der Waals surface area contributed by atoms with Gasteiger partial charge in [0, 0.05) is 18.2 Å². The largest absolute Gasteiger partial charge is 0.366 e. The van der Waals surface area contributed by atoms with E-state index >= 15 is 0 Å². The van der Waals surface area contributed by atoms with Gasteiger partial charge < -0.3 is 15.6 Å². The number of benzene rings is 1. The van der Waals surface area contributed by atoms with Crippen molar-refractivity contribution in [2.75, 3.05) is 5.32 Å². The topological polar surface area (TPSA) is 102 Å². The van der Waals surface area contributed by atoms with E-state index in [0.29, 0.717) is 24.0 Å². The molecule has 0 radical (unpaired) electrons. The Morgan fingerprint density at radius 2 is 2.08 bits per heavy atom. The van der Waals surface area contributed by atoms with E-state index in [1.807, 2.05) is 24.3 Å². The molecule has 0 unspecified atom stereocenters. The van der Waals surface area contributed by atoms with Crippen molar-refractivity contribution in [3.05, 3.63) is 47.7 Å². The van der Waals surface area contributed by atoms with Crippen molar-refractivity contribution < 1.29 is 0 Å². The lowest BCUT2D eigenvalue weighted by Gasteiger charge is -2.15. The summed E-state index contributed by atoms with van der Waals surface area (Å²) in [7, 11) is 0. The minimum atomic E-state index is 0.223.